The number of aryl methyl sites for hydroxylation is 2. The molecule has 6 nitrogen and oxygen atoms in total. The van der Waals surface area contributed by atoms with Gasteiger partial charge in [-0.1, -0.05) is 24.3 Å². The fourth-order valence-corrected chi connectivity index (χ4v) is 3.39. The summed E-state index contributed by atoms with van der Waals surface area (Å²) in [5, 5.41) is 18.2. The van der Waals surface area contributed by atoms with E-state index in [0.717, 1.165) is 16.8 Å². The summed E-state index contributed by atoms with van der Waals surface area (Å²) in [4.78, 5) is 17.3. The first-order chi connectivity index (χ1) is 11.5. The molecular weight excluding hydrogens is 304 g/mol. The summed E-state index contributed by atoms with van der Waals surface area (Å²) in [7, 11) is 1.80. The third-order valence-electron chi connectivity index (χ3n) is 4.57. The van der Waals surface area contributed by atoms with E-state index in [-0.39, 0.29) is 5.91 Å². The molecule has 6 heteroatoms. The average molecular weight is 322 g/mol. The average Bonchev–Trinajstić information content (AvgIpc) is 3.08. The van der Waals surface area contributed by atoms with Crippen LogP contribution in [0.1, 0.15) is 33.2 Å². The lowest BCUT2D eigenvalue weighted by molar-refractivity contribution is 0.0859. The van der Waals surface area contributed by atoms with Crippen molar-refractivity contribution in [3.05, 3.63) is 58.9 Å². The van der Waals surface area contributed by atoms with Crippen molar-refractivity contribution in [1.82, 2.24) is 20.1 Å². The van der Waals surface area contributed by atoms with Crippen LogP contribution in [0.5, 0.6) is 0 Å². The van der Waals surface area contributed by atoms with E-state index in [4.69, 9.17) is 0 Å². The molecule has 2 atom stereocenters. The van der Waals surface area contributed by atoms with Gasteiger partial charge < -0.3 is 10.4 Å². The van der Waals surface area contributed by atoms with Crippen LogP contribution in [0.3, 0.4) is 0 Å². The minimum atomic E-state index is -0.612. The Labute approximate surface area is 139 Å². The number of hydrogen-bond donors (Lipinski definition) is 2. The number of amides is 1. The maximum absolute atomic E-state index is 12.8. The first-order valence-electron chi connectivity index (χ1n) is 7.90. The first-order valence-corrected chi connectivity index (χ1v) is 7.90. The second-order valence-corrected chi connectivity index (χ2v) is 6.24. The van der Waals surface area contributed by atoms with E-state index in [1.54, 1.807) is 24.0 Å². The Morgan fingerprint density at radius 3 is 3.00 bits per heavy atom. The summed E-state index contributed by atoms with van der Waals surface area (Å²) >= 11 is 0. The molecule has 0 spiro atoms. The minimum Gasteiger partial charge on any atom is -0.390 e. The number of rotatable bonds is 2. The Balaban J connectivity index is 1.71. The molecule has 1 amide bonds. The lowest BCUT2D eigenvalue weighted by Crippen LogP contribution is -2.34. The highest BCUT2D eigenvalue weighted by molar-refractivity contribution is 6.05. The van der Waals surface area contributed by atoms with Crippen molar-refractivity contribution < 1.29 is 9.90 Å². The number of nitrogens with zero attached hydrogens (tertiary/aromatic N) is 3. The zero-order chi connectivity index (χ0) is 16.8. The van der Waals surface area contributed by atoms with Gasteiger partial charge in [-0.05, 0) is 24.1 Å². The molecule has 0 radical (unpaired) electrons. The molecule has 0 bridgehead atoms. The molecule has 0 fully saturated rings. The summed E-state index contributed by atoms with van der Waals surface area (Å²) < 4.78 is 1.65. The first kappa shape index (κ1) is 14.8. The molecule has 1 aliphatic rings. The van der Waals surface area contributed by atoms with E-state index in [2.05, 4.69) is 15.4 Å². The van der Waals surface area contributed by atoms with Crippen LogP contribution in [0, 0.1) is 6.92 Å². The lowest BCUT2D eigenvalue weighted by Gasteiger charge is -2.18. The van der Waals surface area contributed by atoms with Gasteiger partial charge in [0.05, 0.1) is 29.3 Å². The number of aliphatic hydroxyl groups excluding tert-OH is 1. The molecule has 2 aromatic heterocycles. The van der Waals surface area contributed by atoms with Gasteiger partial charge in [-0.2, -0.15) is 5.10 Å². The van der Waals surface area contributed by atoms with Crippen LogP contribution in [-0.4, -0.2) is 31.9 Å². The predicted molar refractivity (Wildman–Crippen MR) is 89.6 cm³/mol. The van der Waals surface area contributed by atoms with Crippen LogP contribution in [0.15, 0.2) is 36.5 Å². The number of pyridine rings is 1. The predicted octanol–water partition coefficient (Wildman–Crippen LogP) is 1.66. The Hall–Kier alpha value is -2.73. The Morgan fingerprint density at radius 2 is 2.17 bits per heavy atom. The number of benzene rings is 1. The molecule has 0 saturated heterocycles. The van der Waals surface area contributed by atoms with Crippen LogP contribution < -0.4 is 5.32 Å². The maximum Gasteiger partial charge on any atom is 0.252 e. The Kier molecular flexibility index (Phi) is 3.35. The largest absolute Gasteiger partial charge is 0.390 e. The Bertz CT molecular complexity index is 947. The zero-order valence-electron chi connectivity index (χ0n) is 13.5. The van der Waals surface area contributed by atoms with Crippen LogP contribution in [0.4, 0.5) is 0 Å². The third-order valence-corrected chi connectivity index (χ3v) is 4.57. The summed E-state index contributed by atoms with van der Waals surface area (Å²) in [6.07, 6.45) is 1.59. The second-order valence-electron chi connectivity index (χ2n) is 6.24. The van der Waals surface area contributed by atoms with Crippen molar-refractivity contribution in [3.63, 3.8) is 0 Å². The quantitative estimate of drug-likeness (QED) is 0.752. The van der Waals surface area contributed by atoms with Crippen LogP contribution in [-0.2, 0) is 13.5 Å². The normalized spacial score (nSPS) is 19.5. The van der Waals surface area contributed by atoms with E-state index < -0.39 is 12.1 Å². The highest BCUT2D eigenvalue weighted by atomic mass is 16.3. The van der Waals surface area contributed by atoms with E-state index in [1.165, 1.54) is 0 Å². The molecule has 3 aromatic rings. The maximum atomic E-state index is 12.8. The van der Waals surface area contributed by atoms with Gasteiger partial charge in [0.15, 0.2) is 5.65 Å². The highest BCUT2D eigenvalue weighted by Crippen LogP contribution is 2.31. The van der Waals surface area contributed by atoms with Crippen molar-refractivity contribution in [2.75, 3.05) is 0 Å². The van der Waals surface area contributed by atoms with E-state index in [1.807, 2.05) is 31.2 Å². The van der Waals surface area contributed by atoms with Gasteiger partial charge in [0, 0.05) is 19.2 Å². The molecule has 122 valence electrons. The van der Waals surface area contributed by atoms with Crippen LogP contribution >= 0.6 is 0 Å². The summed E-state index contributed by atoms with van der Waals surface area (Å²) in [6, 6.07) is 9.17. The molecule has 1 aliphatic carbocycles. The van der Waals surface area contributed by atoms with E-state index >= 15 is 0 Å². The lowest BCUT2D eigenvalue weighted by atomic mass is 10.1. The summed E-state index contributed by atoms with van der Waals surface area (Å²) in [6.45, 7) is 1.85. The molecule has 0 aliphatic heterocycles. The van der Waals surface area contributed by atoms with Crippen LogP contribution in [0.25, 0.3) is 11.0 Å². The van der Waals surface area contributed by atoms with Gasteiger partial charge in [-0.15, -0.1) is 0 Å². The van der Waals surface area contributed by atoms with Crippen molar-refractivity contribution in [1.29, 1.82) is 0 Å². The smallest absolute Gasteiger partial charge is 0.252 e. The molecule has 1 aromatic carbocycles. The summed E-state index contributed by atoms with van der Waals surface area (Å²) in [5.41, 5.74) is 4.01. The third kappa shape index (κ3) is 2.27. The van der Waals surface area contributed by atoms with Gasteiger partial charge in [-0.3, -0.25) is 9.48 Å². The molecule has 24 heavy (non-hydrogen) atoms. The number of nitrogens with one attached hydrogen (secondary N) is 1. The molecule has 4 rings (SSSR count). The van der Waals surface area contributed by atoms with Crippen LogP contribution in [0.2, 0.25) is 0 Å². The number of fused-ring (bicyclic) bond motifs is 2. The van der Waals surface area contributed by atoms with Gasteiger partial charge >= 0.3 is 0 Å². The SMILES string of the molecule is Cc1cc(C(=O)NC2c3ccccc3CC2O)c2cnn(C)c2n1. The van der Waals surface area contributed by atoms with E-state index in [0.29, 0.717) is 23.0 Å². The summed E-state index contributed by atoms with van der Waals surface area (Å²) in [5.74, 6) is -0.223. The zero-order valence-corrected chi connectivity index (χ0v) is 13.5. The monoisotopic (exact) mass is 322 g/mol. The standard InChI is InChI=1S/C18H18N4O2/c1-10-7-13(14-9-19-22(2)17(14)20-10)18(24)21-16-12-6-4-3-5-11(12)8-15(16)23/h3-7,9,15-16,23H,8H2,1-2H3,(H,21,24). The number of aliphatic hydroxyl groups is 1. The topological polar surface area (TPSA) is 80.0 Å². The van der Waals surface area contributed by atoms with Gasteiger partial charge in [0.25, 0.3) is 5.91 Å². The number of carbonyl (C=O) groups excluding carboxylic acids is 1. The number of hydrogen-bond acceptors (Lipinski definition) is 4. The fourth-order valence-electron chi connectivity index (χ4n) is 3.39. The van der Waals surface area contributed by atoms with Crippen molar-refractivity contribution in [2.24, 2.45) is 7.05 Å². The van der Waals surface area contributed by atoms with Gasteiger partial charge in [0.1, 0.15) is 0 Å². The number of carbonyl (C=O) groups is 1. The van der Waals surface area contributed by atoms with Crippen molar-refractivity contribution >= 4 is 16.9 Å². The highest BCUT2D eigenvalue weighted by Gasteiger charge is 2.32. The minimum absolute atomic E-state index is 0.223. The molecular formula is C18H18N4O2. The van der Waals surface area contributed by atoms with Crippen molar-refractivity contribution in [3.8, 4) is 0 Å². The van der Waals surface area contributed by atoms with Gasteiger partial charge in [0.2, 0.25) is 0 Å². The number of aromatic nitrogens is 3. The molecule has 2 N–H and O–H groups in total. The van der Waals surface area contributed by atoms with Gasteiger partial charge in [-0.25, -0.2) is 4.98 Å². The molecule has 2 unspecified atom stereocenters. The van der Waals surface area contributed by atoms with E-state index in [9.17, 15) is 9.90 Å². The Morgan fingerprint density at radius 1 is 1.38 bits per heavy atom. The molecule has 2 heterocycles. The fraction of sp³-hybridized carbons (Fsp3) is 0.278. The van der Waals surface area contributed by atoms with Crippen molar-refractivity contribution in [2.45, 2.75) is 25.5 Å². The molecule has 0 saturated carbocycles. The second kappa shape index (κ2) is 5.42.